The second-order valence-electron chi connectivity index (χ2n) is 5.00. The van der Waals surface area contributed by atoms with Gasteiger partial charge < -0.3 is 20.1 Å². The van der Waals surface area contributed by atoms with E-state index >= 15 is 0 Å². The van der Waals surface area contributed by atoms with Crippen molar-refractivity contribution in [2.24, 2.45) is 5.73 Å². The van der Waals surface area contributed by atoms with Crippen LogP contribution in [0.3, 0.4) is 0 Å². The van der Waals surface area contributed by atoms with Crippen molar-refractivity contribution in [2.45, 2.75) is 18.9 Å². The molecule has 22 heavy (non-hydrogen) atoms. The summed E-state index contributed by atoms with van der Waals surface area (Å²) in [6, 6.07) is 5.37. The molecule has 1 aliphatic heterocycles. The Balaban J connectivity index is 0.00000242. The number of hydrogen-bond acceptors (Lipinski definition) is 4. The van der Waals surface area contributed by atoms with E-state index in [2.05, 4.69) is 6.58 Å². The Hall–Kier alpha value is -1.72. The molecule has 0 spiro atoms. The summed E-state index contributed by atoms with van der Waals surface area (Å²) in [4.78, 5) is 14.4. The third-order valence-electron chi connectivity index (χ3n) is 3.68. The predicted octanol–water partition coefficient (Wildman–Crippen LogP) is 2.25. The molecule has 2 N–H and O–H groups in total. The Kier molecular flexibility index (Phi) is 7.21. The summed E-state index contributed by atoms with van der Waals surface area (Å²) in [6.07, 6.45) is 3.64. The molecule has 0 saturated carbocycles. The van der Waals surface area contributed by atoms with Gasteiger partial charge in [-0.3, -0.25) is 4.79 Å². The molecular weight excluding hydrogens is 304 g/mol. The Morgan fingerprint density at radius 2 is 2.27 bits per heavy atom. The van der Waals surface area contributed by atoms with Crippen molar-refractivity contribution in [1.29, 1.82) is 0 Å². The fraction of sp³-hybridized carbons (Fsp3) is 0.438. The Bertz CT molecular complexity index is 522. The maximum absolute atomic E-state index is 12.6. The lowest BCUT2D eigenvalue weighted by Crippen LogP contribution is -2.39. The van der Waals surface area contributed by atoms with Gasteiger partial charge in [-0.1, -0.05) is 12.7 Å². The zero-order valence-electron chi connectivity index (χ0n) is 12.8. The topological polar surface area (TPSA) is 64.8 Å². The molecule has 1 unspecified atom stereocenters. The van der Waals surface area contributed by atoms with Crippen LogP contribution >= 0.6 is 12.4 Å². The highest BCUT2D eigenvalue weighted by atomic mass is 35.5. The van der Waals surface area contributed by atoms with Crippen LogP contribution in [0.4, 0.5) is 0 Å². The molecule has 0 radical (unpaired) electrons. The normalized spacial score (nSPS) is 16.8. The molecule has 122 valence electrons. The molecule has 1 atom stereocenters. The summed E-state index contributed by atoms with van der Waals surface area (Å²) in [5, 5.41) is 0. The molecule has 1 aliphatic rings. The third kappa shape index (κ3) is 3.93. The van der Waals surface area contributed by atoms with E-state index in [1.165, 1.54) is 0 Å². The van der Waals surface area contributed by atoms with Gasteiger partial charge in [0, 0.05) is 24.7 Å². The lowest BCUT2D eigenvalue weighted by molar-refractivity contribution is 0.0741. The van der Waals surface area contributed by atoms with E-state index in [1.54, 1.807) is 31.4 Å². The van der Waals surface area contributed by atoms with Gasteiger partial charge in [-0.15, -0.1) is 12.4 Å². The number of carbonyl (C=O) groups is 1. The maximum Gasteiger partial charge on any atom is 0.254 e. The van der Waals surface area contributed by atoms with Crippen LogP contribution in [0.2, 0.25) is 0 Å². The molecule has 1 heterocycles. The molecular formula is C16H23ClN2O3. The predicted molar refractivity (Wildman–Crippen MR) is 89.0 cm³/mol. The van der Waals surface area contributed by atoms with Gasteiger partial charge in [-0.05, 0) is 31.0 Å². The van der Waals surface area contributed by atoms with Gasteiger partial charge in [0.1, 0.15) is 6.61 Å². The molecule has 1 aromatic rings. The number of methoxy groups -OCH3 is 1. The number of rotatable bonds is 6. The first-order valence-corrected chi connectivity index (χ1v) is 7.14. The summed E-state index contributed by atoms with van der Waals surface area (Å²) < 4.78 is 10.8. The standard InChI is InChI=1S/C16H22N2O3.ClH/c1-3-9-21-14-7-6-12(10-15(14)20-2)16(19)18-8-4-5-13(18)11-17;/h3,6-7,10,13H,1,4-5,8-9,11,17H2,2H3;1H. The monoisotopic (exact) mass is 326 g/mol. The molecule has 1 aromatic carbocycles. The summed E-state index contributed by atoms with van der Waals surface area (Å²) >= 11 is 0. The number of ether oxygens (including phenoxy) is 2. The molecule has 0 aliphatic carbocycles. The summed E-state index contributed by atoms with van der Waals surface area (Å²) in [5.41, 5.74) is 6.32. The molecule has 1 amide bonds. The van der Waals surface area contributed by atoms with Gasteiger partial charge >= 0.3 is 0 Å². The van der Waals surface area contributed by atoms with E-state index in [9.17, 15) is 4.79 Å². The zero-order valence-corrected chi connectivity index (χ0v) is 13.6. The van der Waals surface area contributed by atoms with E-state index in [-0.39, 0.29) is 24.4 Å². The van der Waals surface area contributed by atoms with Gasteiger partial charge in [0.05, 0.1) is 7.11 Å². The average molecular weight is 327 g/mol. The second kappa shape index (κ2) is 8.66. The second-order valence-corrected chi connectivity index (χ2v) is 5.00. The summed E-state index contributed by atoms with van der Waals surface area (Å²) in [7, 11) is 1.56. The molecule has 0 aromatic heterocycles. The minimum atomic E-state index is -0.00322. The van der Waals surface area contributed by atoms with Crippen LogP contribution in [0.25, 0.3) is 0 Å². The summed E-state index contributed by atoms with van der Waals surface area (Å²) in [6.45, 7) is 5.27. The third-order valence-corrected chi connectivity index (χ3v) is 3.68. The van der Waals surface area contributed by atoms with Gasteiger partial charge in [-0.25, -0.2) is 0 Å². The Morgan fingerprint density at radius 3 is 2.91 bits per heavy atom. The molecule has 5 nitrogen and oxygen atoms in total. The number of carbonyl (C=O) groups excluding carboxylic acids is 1. The molecule has 0 bridgehead atoms. The minimum absolute atomic E-state index is 0. The van der Waals surface area contributed by atoms with Crippen LogP contribution < -0.4 is 15.2 Å². The maximum atomic E-state index is 12.6. The molecule has 2 rings (SSSR count). The highest BCUT2D eigenvalue weighted by molar-refractivity contribution is 5.95. The largest absolute Gasteiger partial charge is 0.493 e. The average Bonchev–Trinajstić information content (AvgIpc) is 3.00. The van der Waals surface area contributed by atoms with Crippen molar-refractivity contribution in [1.82, 2.24) is 4.90 Å². The quantitative estimate of drug-likeness (QED) is 0.814. The fourth-order valence-electron chi connectivity index (χ4n) is 2.58. The van der Waals surface area contributed by atoms with Crippen molar-refractivity contribution in [2.75, 3.05) is 26.8 Å². The molecule has 6 heteroatoms. The van der Waals surface area contributed by atoms with Crippen LogP contribution in [0, 0.1) is 0 Å². The number of amides is 1. The SMILES string of the molecule is C=CCOc1ccc(C(=O)N2CCCC2CN)cc1OC.Cl. The molecule has 1 saturated heterocycles. The lowest BCUT2D eigenvalue weighted by atomic mass is 10.1. The first-order chi connectivity index (χ1) is 10.2. The van der Waals surface area contributed by atoms with Crippen LogP contribution in [0.5, 0.6) is 11.5 Å². The van der Waals surface area contributed by atoms with E-state index in [0.29, 0.717) is 30.2 Å². The first kappa shape index (κ1) is 18.3. The van der Waals surface area contributed by atoms with E-state index in [4.69, 9.17) is 15.2 Å². The van der Waals surface area contributed by atoms with Crippen molar-refractivity contribution >= 4 is 18.3 Å². The van der Waals surface area contributed by atoms with Crippen molar-refractivity contribution in [3.05, 3.63) is 36.4 Å². The number of nitrogens with two attached hydrogens (primary N) is 1. The van der Waals surface area contributed by atoms with Crippen LogP contribution in [0.15, 0.2) is 30.9 Å². The van der Waals surface area contributed by atoms with Crippen molar-refractivity contribution in [3.63, 3.8) is 0 Å². The van der Waals surface area contributed by atoms with Crippen LogP contribution in [-0.2, 0) is 0 Å². The van der Waals surface area contributed by atoms with E-state index in [1.807, 2.05) is 4.90 Å². The number of halogens is 1. The van der Waals surface area contributed by atoms with Gasteiger partial charge in [0.25, 0.3) is 5.91 Å². The van der Waals surface area contributed by atoms with Crippen molar-refractivity contribution < 1.29 is 14.3 Å². The van der Waals surface area contributed by atoms with Crippen LogP contribution in [0.1, 0.15) is 23.2 Å². The van der Waals surface area contributed by atoms with Gasteiger partial charge in [-0.2, -0.15) is 0 Å². The molecule has 1 fully saturated rings. The lowest BCUT2D eigenvalue weighted by Gasteiger charge is -2.23. The van der Waals surface area contributed by atoms with Gasteiger partial charge in [0.2, 0.25) is 0 Å². The van der Waals surface area contributed by atoms with E-state index < -0.39 is 0 Å². The zero-order chi connectivity index (χ0) is 15.2. The minimum Gasteiger partial charge on any atom is -0.493 e. The number of benzene rings is 1. The number of hydrogen-bond donors (Lipinski definition) is 1. The highest BCUT2D eigenvalue weighted by Gasteiger charge is 2.28. The first-order valence-electron chi connectivity index (χ1n) is 7.14. The summed E-state index contributed by atoms with van der Waals surface area (Å²) in [5.74, 6) is 1.15. The Morgan fingerprint density at radius 1 is 1.50 bits per heavy atom. The van der Waals surface area contributed by atoms with E-state index in [0.717, 1.165) is 19.4 Å². The number of likely N-dealkylation sites (tertiary alicyclic amines) is 1. The van der Waals surface area contributed by atoms with Crippen LogP contribution in [-0.4, -0.2) is 43.7 Å². The van der Waals surface area contributed by atoms with Gasteiger partial charge in [0.15, 0.2) is 11.5 Å². The number of nitrogens with zero attached hydrogens (tertiary/aromatic N) is 1. The van der Waals surface area contributed by atoms with Crippen molar-refractivity contribution in [3.8, 4) is 11.5 Å². The Labute approximate surface area is 137 Å². The fourth-order valence-corrected chi connectivity index (χ4v) is 2.58. The smallest absolute Gasteiger partial charge is 0.254 e. The highest BCUT2D eigenvalue weighted by Crippen LogP contribution is 2.29.